The first-order chi connectivity index (χ1) is 16.4. The standard InChI is InChI=1S/C26H23Cl2NO5/c1-33-24-15-18(10-12-23(24)34-16-19-20(27)8-5-9-21(19)28)11-13-25(30)29-22(26(31)32)14-17-6-3-2-4-7-17/h2-13,15,22H,14,16H2,1H3,(H,29,30)(H,31,32)/b13-11+. The van der Waals surface area contributed by atoms with Crippen molar-refractivity contribution in [2.45, 2.75) is 19.1 Å². The van der Waals surface area contributed by atoms with Crippen molar-refractivity contribution >= 4 is 41.2 Å². The van der Waals surface area contributed by atoms with Crippen molar-refractivity contribution in [2.75, 3.05) is 7.11 Å². The lowest BCUT2D eigenvalue weighted by molar-refractivity contribution is -0.141. The zero-order valence-corrected chi connectivity index (χ0v) is 19.8. The lowest BCUT2D eigenvalue weighted by atomic mass is 10.1. The summed E-state index contributed by atoms with van der Waals surface area (Å²) in [5, 5.41) is 13.0. The molecule has 8 heteroatoms. The number of hydrogen-bond acceptors (Lipinski definition) is 4. The van der Waals surface area contributed by atoms with Gasteiger partial charge in [-0.15, -0.1) is 0 Å². The second-order valence-corrected chi connectivity index (χ2v) is 8.14. The van der Waals surface area contributed by atoms with Gasteiger partial charge in [0.05, 0.1) is 7.11 Å². The molecular weight excluding hydrogens is 477 g/mol. The largest absolute Gasteiger partial charge is 0.493 e. The van der Waals surface area contributed by atoms with Crippen LogP contribution in [0.4, 0.5) is 0 Å². The van der Waals surface area contributed by atoms with Gasteiger partial charge in [0.2, 0.25) is 5.91 Å². The number of hydrogen-bond donors (Lipinski definition) is 2. The summed E-state index contributed by atoms with van der Waals surface area (Å²) in [6.07, 6.45) is 3.03. The van der Waals surface area contributed by atoms with Crippen LogP contribution in [0.25, 0.3) is 6.08 Å². The monoisotopic (exact) mass is 499 g/mol. The normalized spacial score (nSPS) is 11.7. The van der Waals surface area contributed by atoms with Gasteiger partial charge in [-0.2, -0.15) is 0 Å². The number of benzene rings is 3. The fourth-order valence-corrected chi connectivity index (χ4v) is 3.68. The predicted octanol–water partition coefficient (Wildman–Crippen LogP) is 5.41. The number of amides is 1. The van der Waals surface area contributed by atoms with E-state index in [1.54, 1.807) is 42.5 Å². The Kier molecular flexibility index (Phi) is 8.96. The van der Waals surface area contributed by atoms with E-state index in [1.807, 2.05) is 30.3 Å². The fourth-order valence-electron chi connectivity index (χ4n) is 3.17. The molecule has 176 valence electrons. The Morgan fingerprint density at radius 2 is 1.71 bits per heavy atom. The number of carboxylic acid groups (broad SMARTS) is 1. The summed E-state index contributed by atoms with van der Waals surface area (Å²) < 4.78 is 11.2. The van der Waals surface area contributed by atoms with E-state index in [2.05, 4.69) is 5.32 Å². The smallest absolute Gasteiger partial charge is 0.326 e. The quantitative estimate of drug-likeness (QED) is 0.364. The van der Waals surface area contributed by atoms with Crippen LogP contribution in [0.5, 0.6) is 11.5 Å². The van der Waals surface area contributed by atoms with Gasteiger partial charge in [-0.3, -0.25) is 4.79 Å². The van der Waals surface area contributed by atoms with Gasteiger partial charge in [-0.05, 0) is 41.5 Å². The van der Waals surface area contributed by atoms with Gasteiger partial charge in [0, 0.05) is 28.1 Å². The first-order valence-electron chi connectivity index (χ1n) is 10.4. The molecule has 3 aromatic carbocycles. The number of aliphatic carboxylic acids is 1. The van der Waals surface area contributed by atoms with Crippen molar-refractivity contribution < 1.29 is 24.2 Å². The minimum Gasteiger partial charge on any atom is -0.493 e. The zero-order valence-electron chi connectivity index (χ0n) is 18.3. The molecule has 34 heavy (non-hydrogen) atoms. The molecule has 1 unspecified atom stereocenters. The van der Waals surface area contributed by atoms with Gasteiger partial charge in [0.15, 0.2) is 11.5 Å². The molecule has 0 saturated carbocycles. The number of carboxylic acids is 1. The average molecular weight is 500 g/mol. The molecule has 0 heterocycles. The van der Waals surface area contributed by atoms with Gasteiger partial charge >= 0.3 is 5.97 Å². The summed E-state index contributed by atoms with van der Waals surface area (Å²) in [6, 6.07) is 18.4. The Hall–Kier alpha value is -3.48. The highest BCUT2D eigenvalue weighted by Gasteiger charge is 2.19. The van der Waals surface area contributed by atoms with Crippen molar-refractivity contribution in [2.24, 2.45) is 0 Å². The van der Waals surface area contributed by atoms with E-state index in [9.17, 15) is 14.7 Å². The van der Waals surface area contributed by atoms with Crippen molar-refractivity contribution in [3.05, 3.63) is 99.5 Å². The molecule has 0 fully saturated rings. The third-order valence-corrected chi connectivity index (χ3v) is 5.65. The molecule has 6 nitrogen and oxygen atoms in total. The summed E-state index contributed by atoms with van der Waals surface area (Å²) in [7, 11) is 1.51. The Balaban J connectivity index is 1.64. The first kappa shape index (κ1) is 25.1. The number of rotatable bonds is 10. The molecule has 0 aliphatic rings. The van der Waals surface area contributed by atoms with Gasteiger partial charge in [-0.25, -0.2) is 4.79 Å². The number of methoxy groups -OCH3 is 1. The van der Waals surface area contributed by atoms with E-state index in [1.165, 1.54) is 13.2 Å². The average Bonchev–Trinajstić information content (AvgIpc) is 2.83. The molecule has 0 aromatic heterocycles. The van der Waals surface area contributed by atoms with Crippen LogP contribution in [0.2, 0.25) is 10.0 Å². The number of carbonyl (C=O) groups excluding carboxylic acids is 1. The summed E-state index contributed by atoms with van der Waals surface area (Å²) in [5.41, 5.74) is 2.15. The van der Waals surface area contributed by atoms with E-state index < -0.39 is 17.9 Å². The van der Waals surface area contributed by atoms with Gasteiger partial charge in [0.1, 0.15) is 12.6 Å². The van der Waals surface area contributed by atoms with Crippen molar-refractivity contribution in [3.8, 4) is 11.5 Å². The van der Waals surface area contributed by atoms with Crippen LogP contribution in [0.15, 0.2) is 72.8 Å². The third kappa shape index (κ3) is 7.01. The second-order valence-electron chi connectivity index (χ2n) is 7.32. The predicted molar refractivity (Wildman–Crippen MR) is 133 cm³/mol. The minimum atomic E-state index is -1.10. The maximum absolute atomic E-state index is 12.3. The van der Waals surface area contributed by atoms with Crippen LogP contribution in [0, 0.1) is 0 Å². The molecule has 0 spiro atoms. The van der Waals surface area contributed by atoms with Crippen LogP contribution < -0.4 is 14.8 Å². The Bertz CT molecular complexity index is 1160. The Morgan fingerprint density at radius 3 is 2.35 bits per heavy atom. The van der Waals surface area contributed by atoms with Crippen LogP contribution in [0.3, 0.4) is 0 Å². The fraction of sp³-hybridized carbons (Fsp3) is 0.154. The maximum Gasteiger partial charge on any atom is 0.326 e. The molecule has 2 N–H and O–H groups in total. The van der Waals surface area contributed by atoms with Crippen LogP contribution in [0.1, 0.15) is 16.7 Å². The molecule has 0 bridgehead atoms. The summed E-state index contributed by atoms with van der Waals surface area (Å²) >= 11 is 12.4. The number of carbonyl (C=O) groups is 2. The highest BCUT2D eigenvalue weighted by Crippen LogP contribution is 2.31. The molecule has 0 aliphatic heterocycles. The SMILES string of the molecule is COc1cc(/C=C/C(=O)NC(Cc2ccccc2)C(=O)O)ccc1OCc1c(Cl)cccc1Cl. The molecule has 0 saturated heterocycles. The van der Waals surface area contributed by atoms with Gasteiger partial charge in [-0.1, -0.05) is 65.7 Å². The Morgan fingerprint density at radius 1 is 1.00 bits per heavy atom. The number of halogens is 2. The third-order valence-electron chi connectivity index (χ3n) is 4.95. The minimum absolute atomic E-state index is 0.157. The van der Waals surface area contributed by atoms with Crippen LogP contribution in [-0.2, 0) is 22.6 Å². The maximum atomic E-state index is 12.3. The molecule has 0 aliphatic carbocycles. The van der Waals surface area contributed by atoms with E-state index in [-0.39, 0.29) is 13.0 Å². The van der Waals surface area contributed by atoms with Crippen molar-refractivity contribution in [1.29, 1.82) is 0 Å². The summed E-state index contributed by atoms with van der Waals surface area (Å²) in [5.74, 6) is -0.685. The van der Waals surface area contributed by atoms with Crippen molar-refractivity contribution in [1.82, 2.24) is 5.32 Å². The Labute approximate surface area is 207 Å². The first-order valence-corrected chi connectivity index (χ1v) is 11.1. The van der Waals surface area contributed by atoms with E-state index >= 15 is 0 Å². The molecular formula is C26H23Cl2NO5. The molecule has 1 amide bonds. The van der Waals surface area contributed by atoms with E-state index in [0.29, 0.717) is 32.7 Å². The van der Waals surface area contributed by atoms with Gasteiger partial charge in [0.25, 0.3) is 0 Å². The van der Waals surface area contributed by atoms with Crippen LogP contribution >= 0.6 is 23.2 Å². The topological polar surface area (TPSA) is 84.9 Å². The lowest BCUT2D eigenvalue weighted by Crippen LogP contribution is -2.41. The highest BCUT2D eigenvalue weighted by molar-refractivity contribution is 6.35. The van der Waals surface area contributed by atoms with Gasteiger partial charge < -0.3 is 19.9 Å². The van der Waals surface area contributed by atoms with Crippen LogP contribution in [-0.4, -0.2) is 30.1 Å². The summed E-state index contributed by atoms with van der Waals surface area (Å²) in [4.78, 5) is 23.9. The molecule has 0 radical (unpaired) electrons. The van der Waals surface area contributed by atoms with Crippen molar-refractivity contribution in [3.63, 3.8) is 0 Å². The number of ether oxygens (including phenoxy) is 2. The van der Waals surface area contributed by atoms with E-state index in [0.717, 1.165) is 5.56 Å². The lowest BCUT2D eigenvalue weighted by Gasteiger charge is -2.14. The number of nitrogens with one attached hydrogen (secondary N) is 1. The summed E-state index contributed by atoms with van der Waals surface area (Å²) in [6.45, 7) is 0.157. The molecule has 1 atom stereocenters. The van der Waals surface area contributed by atoms with E-state index in [4.69, 9.17) is 32.7 Å². The molecule has 3 aromatic rings. The zero-order chi connectivity index (χ0) is 24.5. The highest BCUT2D eigenvalue weighted by atomic mass is 35.5. The molecule has 3 rings (SSSR count). The second kappa shape index (κ2) is 12.1.